The Hall–Kier alpha value is -2.54. The van der Waals surface area contributed by atoms with Crippen LogP contribution in [-0.2, 0) is 11.2 Å². The van der Waals surface area contributed by atoms with Crippen LogP contribution in [0.4, 0.5) is 0 Å². The van der Waals surface area contributed by atoms with Crippen molar-refractivity contribution >= 4 is 5.91 Å². The second-order valence-electron chi connectivity index (χ2n) is 6.16. The zero-order valence-corrected chi connectivity index (χ0v) is 16.6. The van der Waals surface area contributed by atoms with Crippen LogP contribution in [-0.4, -0.2) is 56.4 Å². The predicted molar refractivity (Wildman–Crippen MR) is 104 cm³/mol. The number of nitrogens with one attached hydrogen (secondary N) is 1. The second kappa shape index (κ2) is 10.6. The molecule has 7 heteroatoms. The Morgan fingerprint density at radius 3 is 2.56 bits per heavy atom. The van der Waals surface area contributed by atoms with Crippen molar-refractivity contribution in [3.8, 4) is 22.8 Å². The van der Waals surface area contributed by atoms with E-state index >= 15 is 0 Å². The number of rotatable bonds is 11. The third-order valence-corrected chi connectivity index (χ3v) is 4.44. The summed E-state index contributed by atoms with van der Waals surface area (Å²) in [6.45, 7) is 7.99. The highest BCUT2D eigenvalue weighted by atomic mass is 16.5. The van der Waals surface area contributed by atoms with E-state index < -0.39 is 0 Å². The second-order valence-corrected chi connectivity index (χ2v) is 6.16. The molecule has 0 atom stereocenters. The molecule has 0 spiro atoms. The van der Waals surface area contributed by atoms with Gasteiger partial charge in [0.15, 0.2) is 17.3 Å². The Kier molecular flexibility index (Phi) is 8.13. The van der Waals surface area contributed by atoms with Gasteiger partial charge in [0, 0.05) is 18.2 Å². The molecule has 1 aromatic heterocycles. The van der Waals surface area contributed by atoms with E-state index in [1.165, 1.54) is 0 Å². The van der Waals surface area contributed by atoms with Crippen molar-refractivity contribution in [2.45, 2.75) is 26.7 Å². The van der Waals surface area contributed by atoms with Gasteiger partial charge in [-0.25, -0.2) is 0 Å². The summed E-state index contributed by atoms with van der Waals surface area (Å²) in [4.78, 5) is 14.4. The van der Waals surface area contributed by atoms with Crippen LogP contribution in [0.25, 0.3) is 11.3 Å². The quantitative estimate of drug-likeness (QED) is 0.609. The molecule has 0 aliphatic carbocycles. The van der Waals surface area contributed by atoms with Crippen LogP contribution in [0.1, 0.15) is 26.0 Å². The summed E-state index contributed by atoms with van der Waals surface area (Å²) in [5.41, 5.74) is 1.41. The molecule has 2 rings (SSSR count). The lowest BCUT2D eigenvalue weighted by atomic mass is 10.1. The summed E-state index contributed by atoms with van der Waals surface area (Å²) in [6, 6.07) is 7.25. The van der Waals surface area contributed by atoms with Crippen molar-refractivity contribution < 1.29 is 18.8 Å². The number of nitrogens with zero attached hydrogens (tertiary/aromatic N) is 2. The Labute approximate surface area is 160 Å². The topological polar surface area (TPSA) is 76.8 Å². The lowest BCUT2D eigenvalue weighted by Gasteiger charge is -2.17. The van der Waals surface area contributed by atoms with E-state index in [9.17, 15) is 4.79 Å². The maximum Gasteiger partial charge on any atom is 0.226 e. The smallest absolute Gasteiger partial charge is 0.226 e. The minimum atomic E-state index is -0.0540. The number of benzene rings is 1. The molecule has 0 bridgehead atoms. The Bertz CT molecular complexity index is 726. The SMILES string of the molecule is CCN(CC)CCCNC(=O)Cc1cc(-c2ccc(OC)c(OC)c2)on1. The molecule has 1 aromatic carbocycles. The highest BCUT2D eigenvalue weighted by molar-refractivity contribution is 5.78. The monoisotopic (exact) mass is 375 g/mol. The van der Waals surface area contributed by atoms with Crippen LogP contribution < -0.4 is 14.8 Å². The van der Waals surface area contributed by atoms with Crippen LogP contribution in [0.5, 0.6) is 11.5 Å². The number of aromatic nitrogens is 1. The molecule has 0 saturated carbocycles. The van der Waals surface area contributed by atoms with Crippen molar-refractivity contribution in [1.29, 1.82) is 0 Å². The molecule has 1 amide bonds. The molecule has 0 aliphatic rings. The number of hydrogen-bond acceptors (Lipinski definition) is 6. The average Bonchev–Trinajstić information content (AvgIpc) is 3.15. The summed E-state index contributed by atoms with van der Waals surface area (Å²) in [5, 5.41) is 6.93. The standard InChI is InChI=1S/C20H29N3O4/c1-5-23(6-2)11-7-10-21-20(24)14-16-13-18(27-22-16)15-8-9-17(25-3)19(12-15)26-4/h8-9,12-13H,5-7,10-11,14H2,1-4H3,(H,21,24). The van der Waals surface area contributed by atoms with Gasteiger partial charge in [-0.3, -0.25) is 4.79 Å². The van der Waals surface area contributed by atoms with Gasteiger partial charge in [-0.15, -0.1) is 0 Å². The van der Waals surface area contributed by atoms with E-state index in [4.69, 9.17) is 14.0 Å². The molecule has 148 valence electrons. The summed E-state index contributed by atoms with van der Waals surface area (Å²) in [5.74, 6) is 1.78. The van der Waals surface area contributed by atoms with Gasteiger partial charge in [-0.05, 0) is 44.3 Å². The summed E-state index contributed by atoms with van der Waals surface area (Å²) in [6.07, 6.45) is 1.13. The van der Waals surface area contributed by atoms with E-state index in [2.05, 4.69) is 29.2 Å². The third kappa shape index (κ3) is 5.99. The van der Waals surface area contributed by atoms with Gasteiger partial charge in [-0.1, -0.05) is 19.0 Å². The maximum absolute atomic E-state index is 12.1. The first-order valence-electron chi connectivity index (χ1n) is 9.28. The van der Waals surface area contributed by atoms with Crippen molar-refractivity contribution in [1.82, 2.24) is 15.4 Å². The molecule has 1 N–H and O–H groups in total. The Balaban J connectivity index is 1.87. The van der Waals surface area contributed by atoms with E-state index in [1.54, 1.807) is 26.4 Å². The van der Waals surface area contributed by atoms with E-state index in [0.717, 1.165) is 31.6 Å². The van der Waals surface area contributed by atoms with Gasteiger partial charge in [0.1, 0.15) is 0 Å². The van der Waals surface area contributed by atoms with Crippen molar-refractivity contribution in [2.24, 2.45) is 0 Å². The van der Waals surface area contributed by atoms with Crippen molar-refractivity contribution in [3.63, 3.8) is 0 Å². The molecule has 0 aliphatic heterocycles. The predicted octanol–water partition coefficient (Wildman–Crippen LogP) is 2.75. The van der Waals surface area contributed by atoms with Gasteiger partial charge in [0.05, 0.1) is 26.3 Å². The van der Waals surface area contributed by atoms with Crippen LogP contribution in [0.3, 0.4) is 0 Å². The number of hydrogen-bond donors (Lipinski definition) is 1. The first-order valence-corrected chi connectivity index (χ1v) is 9.28. The van der Waals surface area contributed by atoms with Gasteiger partial charge < -0.3 is 24.2 Å². The number of methoxy groups -OCH3 is 2. The van der Waals surface area contributed by atoms with E-state index in [-0.39, 0.29) is 12.3 Å². The summed E-state index contributed by atoms with van der Waals surface area (Å²) >= 11 is 0. The summed E-state index contributed by atoms with van der Waals surface area (Å²) < 4.78 is 15.9. The lowest BCUT2D eigenvalue weighted by molar-refractivity contribution is -0.120. The molecule has 0 radical (unpaired) electrons. The van der Waals surface area contributed by atoms with Crippen LogP contribution in [0.15, 0.2) is 28.8 Å². The molecular weight excluding hydrogens is 346 g/mol. The van der Waals surface area contributed by atoms with Crippen molar-refractivity contribution in [3.05, 3.63) is 30.0 Å². The Morgan fingerprint density at radius 2 is 1.89 bits per heavy atom. The highest BCUT2D eigenvalue weighted by Gasteiger charge is 2.13. The highest BCUT2D eigenvalue weighted by Crippen LogP contribution is 2.32. The van der Waals surface area contributed by atoms with E-state index in [0.29, 0.717) is 29.5 Å². The zero-order valence-electron chi connectivity index (χ0n) is 16.6. The molecule has 27 heavy (non-hydrogen) atoms. The fraction of sp³-hybridized carbons (Fsp3) is 0.500. The first-order chi connectivity index (χ1) is 13.1. The van der Waals surface area contributed by atoms with E-state index in [1.807, 2.05) is 12.1 Å². The fourth-order valence-electron chi connectivity index (χ4n) is 2.82. The van der Waals surface area contributed by atoms with Gasteiger partial charge in [0.2, 0.25) is 5.91 Å². The molecule has 0 saturated heterocycles. The Morgan fingerprint density at radius 1 is 1.15 bits per heavy atom. The molecule has 0 fully saturated rings. The molecule has 7 nitrogen and oxygen atoms in total. The first kappa shape index (κ1) is 20.8. The molecule has 2 aromatic rings. The largest absolute Gasteiger partial charge is 0.493 e. The van der Waals surface area contributed by atoms with Gasteiger partial charge in [0.25, 0.3) is 0 Å². The number of carbonyl (C=O) groups is 1. The minimum Gasteiger partial charge on any atom is -0.493 e. The molecule has 0 unspecified atom stereocenters. The fourth-order valence-corrected chi connectivity index (χ4v) is 2.82. The van der Waals surface area contributed by atoms with Crippen molar-refractivity contribution in [2.75, 3.05) is 40.4 Å². The lowest BCUT2D eigenvalue weighted by Crippen LogP contribution is -2.30. The molecule has 1 heterocycles. The maximum atomic E-state index is 12.1. The minimum absolute atomic E-state index is 0.0540. The number of carbonyl (C=O) groups excluding carboxylic acids is 1. The zero-order chi connectivity index (χ0) is 19.6. The molecular formula is C20H29N3O4. The van der Waals surface area contributed by atoms with Gasteiger partial charge >= 0.3 is 0 Å². The summed E-state index contributed by atoms with van der Waals surface area (Å²) in [7, 11) is 3.17. The third-order valence-electron chi connectivity index (χ3n) is 4.44. The normalized spacial score (nSPS) is 10.9. The number of amides is 1. The van der Waals surface area contributed by atoms with Gasteiger partial charge in [-0.2, -0.15) is 0 Å². The average molecular weight is 375 g/mol. The van der Waals surface area contributed by atoms with Crippen LogP contribution in [0.2, 0.25) is 0 Å². The van der Waals surface area contributed by atoms with Crippen LogP contribution >= 0.6 is 0 Å². The van der Waals surface area contributed by atoms with Crippen LogP contribution in [0, 0.1) is 0 Å². The number of ether oxygens (including phenoxy) is 2.